The maximum absolute atomic E-state index is 11.7. The molecule has 0 unspecified atom stereocenters. The van der Waals surface area contributed by atoms with E-state index < -0.39 is 0 Å². The highest BCUT2D eigenvalue weighted by molar-refractivity contribution is 5.89. The number of rotatable bonds is 4. The third-order valence-electron chi connectivity index (χ3n) is 3.62. The van der Waals surface area contributed by atoms with Gasteiger partial charge in [-0.25, -0.2) is 4.79 Å². The van der Waals surface area contributed by atoms with Crippen LogP contribution in [0.15, 0.2) is 30.3 Å². The molecule has 1 atom stereocenters. The first-order chi connectivity index (χ1) is 8.77. The van der Waals surface area contributed by atoms with Gasteiger partial charge >= 0.3 is 5.97 Å². The molecule has 0 amide bonds. The standard InChI is InChI=1S/C15H21NO2/c1-16-11-6-5-9-14(16)10-12-18-15(17)13-7-3-2-4-8-13/h2-4,7-8,14H,5-6,9-12H2,1H3/t14-/m0/s1. The minimum absolute atomic E-state index is 0.214. The van der Waals surface area contributed by atoms with Crippen molar-refractivity contribution in [1.82, 2.24) is 4.90 Å². The fraction of sp³-hybridized carbons (Fsp3) is 0.533. The van der Waals surface area contributed by atoms with Gasteiger partial charge in [-0.15, -0.1) is 0 Å². The van der Waals surface area contributed by atoms with E-state index in [0.29, 0.717) is 18.2 Å². The third-order valence-corrected chi connectivity index (χ3v) is 3.62. The minimum atomic E-state index is -0.214. The first-order valence-electron chi connectivity index (χ1n) is 6.70. The Hall–Kier alpha value is -1.35. The molecule has 0 aliphatic carbocycles. The molecular weight excluding hydrogens is 226 g/mol. The molecule has 0 radical (unpaired) electrons. The van der Waals surface area contributed by atoms with Crippen LogP contribution in [0.1, 0.15) is 36.0 Å². The van der Waals surface area contributed by atoms with Crippen molar-refractivity contribution in [1.29, 1.82) is 0 Å². The summed E-state index contributed by atoms with van der Waals surface area (Å²) in [4.78, 5) is 14.1. The molecule has 3 heteroatoms. The van der Waals surface area contributed by atoms with Gasteiger partial charge in [-0.05, 0) is 45.0 Å². The second kappa shape index (κ2) is 6.55. The summed E-state index contributed by atoms with van der Waals surface area (Å²) in [6.07, 6.45) is 4.74. The Balaban J connectivity index is 1.73. The van der Waals surface area contributed by atoms with Crippen molar-refractivity contribution in [2.24, 2.45) is 0 Å². The molecule has 3 nitrogen and oxygen atoms in total. The molecule has 1 aliphatic heterocycles. The molecule has 18 heavy (non-hydrogen) atoms. The van der Waals surface area contributed by atoms with E-state index in [0.717, 1.165) is 13.0 Å². The van der Waals surface area contributed by atoms with Gasteiger partial charge in [0.15, 0.2) is 0 Å². The number of nitrogens with zero attached hydrogens (tertiary/aromatic N) is 1. The van der Waals surface area contributed by atoms with Crippen LogP contribution in [0.2, 0.25) is 0 Å². The Bertz CT molecular complexity index is 377. The number of likely N-dealkylation sites (tertiary alicyclic amines) is 1. The van der Waals surface area contributed by atoms with Crippen LogP contribution in [0.5, 0.6) is 0 Å². The van der Waals surface area contributed by atoms with Crippen molar-refractivity contribution in [3.63, 3.8) is 0 Å². The highest BCUT2D eigenvalue weighted by atomic mass is 16.5. The second-order valence-corrected chi connectivity index (χ2v) is 4.92. The predicted molar refractivity (Wildman–Crippen MR) is 71.6 cm³/mol. The van der Waals surface area contributed by atoms with E-state index in [-0.39, 0.29) is 5.97 Å². The molecule has 1 aliphatic rings. The Labute approximate surface area is 109 Å². The number of esters is 1. The molecule has 98 valence electrons. The van der Waals surface area contributed by atoms with Gasteiger partial charge in [-0.2, -0.15) is 0 Å². The fourth-order valence-corrected chi connectivity index (χ4v) is 2.45. The molecule has 1 fully saturated rings. The highest BCUT2D eigenvalue weighted by Gasteiger charge is 2.19. The number of piperidine rings is 1. The zero-order valence-electron chi connectivity index (χ0n) is 11.0. The Kier molecular flexibility index (Phi) is 4.76. The van der Waals surface area contributed by atoms with Gasteiger partial charge in [0.2, 0.25) is 0 Å². The molecule has 0 bridgehead atoms. The van der Waals surface area contributed by atoms with Crippen molar-refractivity contribution < 1.29 is 9.53 Å². The van der Waals surface area contributed by atoms with Crippen LogP contribution < -0.4 is 0 Å². The SMILES string of the molecule is CN1CCCC[C@H]1CCOC(=O)c1ccccc1. The van der Waals surface area contributed by atoms with E-state index >= 15 is 0 Å². The van der Waals surface area contributed by atoms with E-state index in [1.807, 2.05) is 18.2 Å². The van der Waals surface area contributed by atoms with Crippen molar-refractivity contribution >= 4 is 5.97 Å². The Morgan fingerprint density at radius 2 is 2.11 bits per heavy atom. The van der Waals surface area contributed by atoms with Gasteiger partial charge < -0.3 is 9.64 Å². The summed E-state index contributed by atoms with van der Waals surface area (Å²) >= 11 is 0. The summed E-state index contributed by atoms with van der Waals surface area (Å²) in [7, 11) is 2.16. The first kappa shape index (κ1) is 13.1. The summed E-state index contributed by atoms with van der Waals surface area (Å²) in [5, 5.41) is 0. The zero-order valence-corrected chi connectivity index (χ0v) is 11.0. The number of hydrogen-bond acceptors (Lipinski definition) is 3. The molecule has 1 aromatic rings. The summed E-state index contributed by atoms with van der Waals surface area (Å²) in [6.45, 7) is 1.68. The summed E-state index contributed by atoms with van der Waals surface area (Å²) < 4.78 is 5.31. The van der Waals surface area contributed by atoms with Gasteiger partial charge in [-0.3, -0.25) is 0 Å². The molecule has 1 saturated heterocycles. The van der Waals surface area contributed by atoms with Crippen LogP contribution in [0, 0.1) is 0 Å². The topological polar surface area (TPSA) is 29.5 Å². The molecule has 1 heterocycles. The highest BCUT2D eigenvalue weighted by Crippen LogP contribution is 2.17. The minimum Gasteiger partial charge on any atom is -0.462 e. The van der Waals surface area contributed by atoms with Gasteiger partial charge in [0, 0.05) is 6.04 Å². The normalized spacial score (nSPS) is 20.6. The van der Waals surface area contributed by atoms with E-state index in [2.05, 4.69) is 11.9 Å². The quantitative estimate of drug-likeness (QED) is 0.766. The molecule has 0 saturated carbocycles. The molecule has 0 aromatic heterocycles. The third kappa shape index (κ3) is 3.57. The Morgan fingerprint density at radius 3 is 2.83 bits per heavy atom. The average Bonchev–Trinajstić information content (AvgIpc) is 2.42. The lowest BCUT2D eigenvalue weighted by Gasteiger charge is -2.32. The van der Waals surface area contributed by atoms with Crippen LogP contribution in [0.25, 0.3) is 0 Å². The molecular formula is C15H21NO2. The lowest BCUT2D eigenvalue weighted by Crippen LogP contribution is -2.37. The zero-order chi connectivity index (χ0) is 12.8. The molecule has 1 aromatic carbocycles. The van der Waals surface area contributed by atoms with Gasteiger partial charge in [0.1, 0.15) is 0 Å². The number of hydrogen-bond donors (Lipinski definition) is 0. The number of carbonyl (C=O) groups excluding carboxylic acids is 1. The predicted octanol–water partition coefficient (Wildman–Crippen LogP) is 2.72. The van der Waals surface area contributed by atoms with Crippen molar-refractivity contribution in [3.8, 4) is 0 Å². The molecule has 0 N–H and O–H groups in total. The van der Waals surface area contributed by atoms with E-state index in [4.69, 9.17) is 4.74 Å². The lowest BCUT2D eigenvalue weighted by atomic mass is 10.0. The van der Waals surface area contributed by atoms with E-state index in [9.17, 15) is 4.79 Å². The largest absolute Gasteiger partial charge is 0.462 e. The van der Waals surface area contributed by atoms with Crippen LogP contribution in [-0.2, 0) is 4.74 Å². The molecule has 0 spiro atoms. The number of carbonyl (C=O) groups is 1. The van der Waals surface area contributed by atoms with Crippen LogP contribution in [-0.4, -0.2) is 37.1 Å². The average molecular weight is 247 g/mol. The monoisotopic (exact) mass is 247 g/mol. The van der Waals surface area contributed by atoms with Crippen LogP contribution >= 0.6 is 0 Å². The van der Waals surface area contributed by atoms with E-state index in [1.54, 1.807) is 12.1 Å². The van der Waals surface area contributed by atoms with Gasteiger partial charge in [0.05, 0.1) is 12.2 Å². The van der Waals surface area contributed by atoms with Crippen molar-refractivity contribution in [2.75, 3.05) is 20.2 Å². The summed E-state index contributed by atoms with van der Waals surface area (Å²) in [5.74, 6) is -0.214. The van der Waals surface area contributed by atoms with Gasteiger partial charge in [0.25, 0.3) is 0 Å². The van der Waals surface area contributed by atoms with Gasteiger partial charge in [-0.1, -0.05) is 24.6 Å². The summed E-state index contributed by atoms with van der Waals surface area (Å²) in [6, 6.07) is 9.75. The van der Waals surface area contributed by atoms with E-state index in [1.165, 1.54) is 19.3 Å². The lowest BCUT2D eigenvalue weighted by molar-refractivity contribution is 0.0450. The smallest absolute Gasteiger partial charge is 0.338 e. The van der Waals surface area contributed by atoms with Crippen LogP contribution in [0.4, 0.5) is 0 Å². The maximum Gasteiger partial charge on any atom is 0.338 e. The Morgan fingerprint density at radius 1 is 1.33 bits per heavy atom. The maximum atomic E-state index is 11.7. The number of benzene rings is 1. The van der Waals surface area contributed by atoms with Crippen molar-refractivity contribution in [2.45, 2.75) is 31.7 Å². The van der Waals surface area contributed by atoms with Crippen molar-refractivity contribution in [3.05, 3.63) is 35.9 Å². The second-order valence-electron chi connectivity index (χ2n) is 4.92. The van der Waals surface area contributed by atoms with Crippen LogP contribution in [0.3, 0.4) is 0 Å². The number of ether oxygens (including phenoxy) is 1. The first-order valence-corrected chi connectivity index (χ1v) is 6.70. The fourth-order valence-electron chi connectivity index (χ4n) is 2.45. The summed E-state index contributed by atoms with van der Waals surface area (Å²) in [5.41, 5.74) is 0.634. The molecule has 2 rings (SSSR count).